The van der Waals surface area contributed by atoms with Crippen LogP contribution in [0.1, 0.15) is 19.3 Å². The maximum absolute atomic E-state index is 11.1. The fraction of sp³-hybridized carbons (Fsp3) is 0.889. The SMILES string of the molecule is O=C(O)[C@@]1(C2CC2CO)CCCN1. The van der Waals surface area contributed by atoms with Crippen LogP contribution in [-0.4, -0.2) is 34.9 Å². The zero-order chi connectivity index (χ0) is 9.47. The van der Waals surface area contributed by atoms with Gasteiger partial charge < -0.3 is 15.5 Å². The molecule has 1 aliphatic carbocycles. The summed E-state index contributed by atoms with van der Waals surface area (Å²) in [5.41, 5.74) is -0.715. The maximum Gasteiger partial charge on any atom is 0.324 e. The lowest BCUT2D eigenvalue weighted by Gasteiger charge is -2.24. The average molecular weight is 185 g/mol. The second-order valence-electron chi connectivity index (χ2n) is 4.09. The van der Waals surface area contributed by atoms with Gasteiger partial charge in [-0.3, -0.25) is 4.79 Å². The number of carboxylic acids is 1. The van der Waals surface area contributed by atoms with E-state index in [1.54, 1.807) is 0 Å². The minimum absolute atomic E-state index is 0.126. The van der Waals surface area contributed by atoms with Crippen LogP contribution in [0.25, 0.3) is 0 Å². The van der Waals surface area contributed by atoms with Crippen molar-refractivity contribution in [1.29, 1.82) is 0 Å². The summed E-state index contributed by atoms with van der Waals surface area (Å²) in [5, 5.41) is 21.1. The Bertz CT molecular complexity index is 223. The van der Waals surface area contributed by atoms with Crippen LogP contribution in [0.15, 0.2) is 0 Å². The zero-order valence-corrected chi connectivity index (χ0v) is 7.49. The van der Waals surface area contributed by atoms with Gasteiger partial charge in [0.05, 0.1) is 0 Å². The smallest absolute Gasteiger partial charge is 0.324 e. The Kier molecular flexibility index (Phi) is 2.04. The molecule has 1 heterocycles. The molecule has 1 aliphatic heterocycles. The number of aliphatic carboxylic acids is 1. The Morgan fingerprint density at radius 3 is 2.77 bits per heavy atom. The summed E-state index contributed by atoms with van der Waals surface area (Å²) in [5.74, 6) is -0.384. The highest BCUT2D eigenvalue weighted by atomic mass is 16.4. The molecule has 0 amide bonds. The highest BCUT2D eigenvalue weighted by molar-refractivity contribution is 5.80. The van der Waals surface area contributed by atoms with Crippen LogP contribution in [0.2, 0.25) is 0 Å². The number of rotatable bonds is 3. The fourth-order valence-electron chi connectivity index (χ4n) is 2.48. The highest BCUT2D eigenvalue weighted by Crippen LogP contribution is 2.49. The first-order chi connectivity index (χ1) is 6.20. The van der Waals surface area contributed by atoms with E-state index in [2.05, 4.69) is 5.32 Å². The molecule has 0 aromatic rings. The number of nitrogens with one attached hydrogen (secondary N) is 1. The number of carboxylic acid groups (broad SMARTS) is 1. The van der Waals surface area contributed by atoms with Crippen molar-refractivity contribution in [2.24, 2.45) is 11.8 Å². The summed E-state index contributed by atoms with van der Waals surface area (Å²) >= 11 is 0. The van der Waals surface area contributed by atoms with E-state index in [1.165, 1.54) is 0 Å². The molecule has 0 spiro atoms. The molecule has 13 heavy (non-hydrogen) atoms. The van der Waals surface area contributed by atoms with E-state index in [1.807, 2.05) is 0 Å². The summed E-state index contributed by atoms with van der Waals surface area (Å²) < 4.78 is 0. The van der Waals surface area contributed by atoms with E-state index in [-0.39, 0.29) is 18.4 Å². The Morgan fingerprint density at radius 2 is 2.38 bits per heavy atom. The van der Waals surface area contributed by atoms with Crippen molar-refractivity contribution in [3.63, 3.8) is 0 Å². The predicted molar refractivity (Wildman–Crippen MR) is 46.3 cm³/mol. The molecule has 1 saturated carbocycles. The molecule has 3 N–H and O–H groups in total. The lowest BCUT2D eigenvalue weighted by Crippen LogP contribution is -2.50. The van der Waals surface area contributed by atoms with Gasteiger partial charge >= 0.3 is 5.97 Å². The Labute approximate surface area is 76.9 Å². The summed E-state index contributed by atoms with van der Waals surface area (Å²) in [6.45, 7) is 0.919. The van der Waals surface area contributed by atoms with Crippen molar-refractivity contribution in [2.45, 2.75) is 24.8 Å². The normalized spacial score (nSPS) is 43.5. The van der Waals surface area contributed by atoms with Gasteiger partial charge in [0.15, 0.2) is 0 Å². The Morgan fingerprint density at radius 1 is 1.62 bits per heavy atom. The average Bonchev–Trinajstić information content (AvgIpc) is 2.74. The fourth-order valence-corrected chi connectivity index (χ4v) is 2.48. The van der Waals surface area contributed by atoms with Crippen LogP contribution < -0.4 is 5.32 Å². The number of carbonyl (C=O) groups is 1. The second-order valence-corrected chi connectivity index (χ2v) is 4.09. The third-order valence-corrected chi connectivity index (χ3v) is 3.36. The van der Waals surface area contributed by atoms with E-state index >= 15 is 0 Å². The molecule has 4 heteroatoms. The zero-order valence-electron chi connectivity index (χ0n) is 7.49. The Hall–Kier alpha value is -0.610. The van der Waals surface area contributed by atoms with Gasteiger partial charge in [0, 0.05) is 6.61 Å². The minimum Gasteiger partial charge on any atom is -0.480 e. The molecule has 0 aromatic carbocycles. The van der Waals surface area contributed by atoms with Crippen molar-refractivity contribution in [2.75, 3.05) is 13.2 Å². The van der Waals surface area contributed by atoms with Gasteiger partial charge in [-0.2, -0.15) is 0 Å². The monoisotopic (exact) mass is 185 g/mol. The molecule has 74 valence electrons. The van der Waals surface area contributed by atoms with E-state index in [9.17, 15) is 4.79 Å². The molecule has 1 saturated heterocycles. The van der Waals surface area contributed by atoms with Gasteiger partial charge in [0.25, 0.3) is 0 Å². The summed E-state index contributed by atoms with van der Waals surface area (Å²) in [6.07, 6.45) is 2.50. The van der Waals surface area contributed by atoms with Gasteiger partial charge in [0.2, 0.25) is 0 Å². The summed E-state index contributed by atoms with van der Waals surface area (Å²) in [7, 11) is 0. The highest BCUT2D eigenvalue weighted by Gasteiger charge is 2.57. The van der Waals surface area contributed by atoms with E-state index in [4.69, 9.17) is 10.2 Å². The predicted octanol–water partition coefficient (Wildman–Crippen LogP) is -0.178. The van der Waals surface area contributed by atoms with Crippen molar-refractivity contribution in [3.05, 3.63) is 0 Å². The molecule has 0 aromatic heterocycles. The first-order valence-corrected chi connectivity index (χ1v) is 4.80. The number of aliphatic hydroxyl groups excluding tert-OH is 1. The van der Waals surface area contributed by atoms with Crippen LogP contribution in [0.5, 0.6) is 0 Å². The first-order valence-electron chi connectivity index (χ1n) is 4.80. The van der Waals surface area contributed by atoms with Crippen molar-refractivity contribution < 1.29 is 15.0 Å². The molecular weight excluding hydrogens is 170 g/mol. The second kappa shape index (κ2) is 2.96. The molecule has 2 unspecified atom stereocenters. The first kappa shape index (κ1) is 8.97. The summed E-state index contributed by atoms with van der Waals surface area (Å²) in [6, 6.07) is 0. The molecule has 2 fully saturated rings. The topological polar surface area (TPSA) is 69.6 Å². The lowest BCUT2D eigenvalue weighted by molar-refractivity contribution is -0.145. The van der Waals surface area contributed by atoms with Gasteiger partial charge in [-0.05, 0) is 37.6 Å². The molecule has 0 bridgehead atoms. The van der Waals surface area contributed by atoms with Crippen LogP contribution in [0, 0.1) is 11.8 Å². The van der Waals surface area contributed by atoms with Crippen molar-refractivity contribution >= 4 is 5.97 Å². The number of hydrogen-bond donors (Lipinski definition) is 3. The molecular formula is C9H15NO3. The summed E-state index contributed by atoms with van der Waals surface area (Å²) in [4.78, 5) is 11.1. The number of hydrogen-bond acceptors (Lipinski definition) is 3. The van der Waals surface area contributed by atoms with Crippen LogP contribution in [0.4, 0.5) is 0 Å². The molecule has 2 rings (SSSR count). The van der Waals surface area contributed by atoms with Gasteiger partial charge in [-0.15, -0.1) is 0 Å². The van der Waals surface area contributed by atoms with Gasteiger partial charge in [-0.25, -0.2) is 0 Å². The van der Waals surface area contributed by atoms with E-state index in [0.717, 1.165) is 19.4 Å². The third-order valence-electron chi connectivity index (χ3n) is 3.36. The molecule has 3 atom stereocenters. The quantitative estimate of drug-likeness (QED) is 0.570. The van der Waals surface area contributed by atoms with Crippen molar-refractivity contribution in [1.82, 2.24) is 5.32 Å². The molecule has 4 nitrogen and oxygen atoms in total. The van der Waals surface area contributed by atoms with Gasteiger partial charge in [0.1, 0.15) is 5.54 Å². The molecule has 0 radical (unpaired) electrons. The third kappa shape index (κ3) is 1.25. The largest absolute Gasteiger partial charge is 0.480 e. The molecule has 2 aliphatic rings. The van der Waals surface area contributed by atoms with Gasteiger partial charge in [-0.1, -0.05) is 0 Å². The standard InChI is InChI=1S/C9H15NO3/c11-5-6-4-7(6)9(8(12)13)2-1-3-10-9/h6-7,10-11H,1-5H2,(H,12,13)/t6?,7?,9-/m0/s1. The maximum atomic E-state index is 11.1. The van der Waals surface area contributed by atoms with Crippen LogP contribution in [-0.2, 0) is 4.79 Å². The minimum atomic E-state index is -0.744. The Balaban J connectivity index is 2.11. The van der Waals surface area contributed by atoms with Crippen LogP contribution in [0.3, 0.4) is 0 Å². The van der Waals surface area contributed by atoms with E-state index < -0.39 is 11.5 Å². The lowest BCUT2D eigenvalue weighted by atomic mass is 9.90. The number of aliphatic hydroxyl groups is 1. The van der Waals surface area contributed by atoms with E-state index in [0.29, 0.717) is 6.42 Å². The van der Waals surface area contributed by atoms with Crippen LogP contribution >= 0.6 is 0 Å². The van der Waals surface area contributed by atoms with Crippen molar-refractivity contribution in [3.8, 4) is 0 Å².